The molecule has 0 radical (unpaired) electrons. The Hall–Kier alpha value is -4.93. The number of phenols is 1. The standard InChI is InChI=1S/C31H33N5O6/c1-41-27-16-15-20(18-26(27)37)29(30(39)32-22-10-4-3-5-11-22)36(23-12-8-9-21(17-23)31(40)42-2)28(38)19-35-25-14-7-6-13-24(25)33-34-35/h6-9,12-18,22,29,37H,3-5,10-11,19H2,1-2H3,(H,32,39)/t29-/m1/s1. The molecular formula is C31H33N5O6. The Kier molecular flexibility index (Phi) is 8.66. The number of aromatic hydroxyl groups is 1. The fourth-order valence-corrected chi connectivity index (χ4v) is 5.40. The minimum absolute atomic E-state index is 0.0433. The van der Waals surface area contributed by atoms with Gasteiger partial charge in [0.05, 0.1) is 25.3 Å². The highest BCUT2D eigenvalue weighted by Crippen LogP contribution is 2.35. The molecule has 0 unspecified atom stereocenters. The summed E-state index contributed by atoms with van der Waals surface area (Å²) in [6, 6.07) is 17.0. The van der Waals surface area contributed by atoms with Gasteiger partial charge in [-0.25, -0.2) is 9.48 Å². The number of amides is 2. The van der Waals surface area contributed by atoms with Crippen molar-refractivity contribution in [2.24, 2.45) is 0 Å². The van der Waals surface area contributed by atoms with Crippen LogP contribution in [0, 0.1) is 0 Å². The number of esters is 1. The lowest BCUT2D eigenvalue weighted by atomic mass is 9.94. The Morgan fingerprint density at radius 1 is 1.02 bits per heavy atom. The van der Waals surface area contributed by atoms with Crippen LogP contribution in [0.4, 0.5) is 5.69 Å². The van der Waals surface area contributed by atoms with E-state index in [4.69, 9.17) is 9.47 Å². The Balaban J connectivity index is 1.62. The zero-order valence-electron chi connectivity index (χ0n) is 23.5. The van der Waals surface area contributed by atoms with Crippen LogP contribution < -0.4 is 15.0 Å². The van der Waals surface area contributed by atoms with Crippen LogP contribution in [0.2, 0.25) is 0 Å². The summed E-state index contributed by atoms with van der Waals surface area (Å²) in [6.07, 6.45) is 4.79. The van der Waals surface area contributed by atoms with Gasteiger partial charge >= 0.3 is 5.97 Å². The molecule has 11 nitrogen and oxygen atoms in total. The molecule has 1 aliphatic carbocycles. The highest BCUT2D eigenvalue weighted by Gasteiger charge is 2.35. The predicted molar refractivity (Wildman–Crippen MR) is 155 cm³/mol. The average Bonchev–Trinajstić information content (AvgIpc) is 3.42. The van der Waals surface area contributed by atoms with Gasteiger partial charge in [0.25, 0.3) is 0 Å². The van der Waals surface area contributed by atoms with Crippen molar-refractivity contribution >= 4 is 34.5 Å². The van der Waals surface area contributed by atoms with Crippen LogP contribution >= 0.6 is 0 Å². The highest BCUT2D eigenvalue weighted by atomic mass is 16.5. The first-order valence-electron chi connectivity index (χ1n) is 13.9. The van der Waals surface area contributed by atoms with Gasteiger partial charge in [0.1, 0.15) is 18.1 Å². The van der Waals surface area contributed by atoms with Crippen LogP contribution in [0.1, 0.15) is 54.1 Å². The maximum atomic E-state index is 14.3. The SMILES string of the molecule is COC(=O)c1cccc(N(C(=O)Cn2nnc3ccccc32)[C@@H](C(=O)NC2CCCCC2)c2ccc(OC)c(O)c2)c1. The van der Waals surface area contributed by atoms with Gasteiger partial charge in [0, 0.05) is 11.7 Å². The summed E-state index contributed by atoms with van der Waals surface area (Å²) >= 11 is 0. The molecule has 1 aromatic heterocycles. The molecule has 0 saturated heterocycles. The van der Waals surface area contributed by atoms with Crippen LogP contribution in [0.5, 0.6) is 11.5 Å². The lowest BCUT2D eigenvalue weighted by Crippen LogP contribution is -2.48. The van der Waals surface area contributed by atoms with E-state index in [1.807, 2.05) is 12.1 Å². The van der Waals surface area contributed by atoms with Gasteiger partial charge in [-0.2, -0.15) is 0 Å². The van der Waals surface area contributed by atoms with Crippen molar-refractivity contribution in [3.63, 3.8) is 0 Å². The van der Waals surface area contributed by atoms with Gasteiger partial charge in [-0.05, 0) is 60.9 Å². The number of methoxy groups -OCH3 is 2. The number of aromatic nitrogens is 3. The number of ether oxygens (including phenoxy) is 2. The molecule has 3 aromatic carbocycles. The average molecular weight is 572 g/mol. The Labute approximate surface area is 243 Å². The molecule has 5 rings (SSSR count). The van der Waals surface area contributed by atoms with Gasteiger partial charge in [0.15, 0.2) is 11.5 Å². The first kappa shape index (κ1) is 28.6. The summed E-state index contributed by atoms with van der Waals surface area (Å²) in [4.78, 5) is 42.2. The highest BCUT2D eigenvalue weighted by molar-refractivity contribution is 6.02. The van der Waals surface area contributed by atoms with E-state index in [1.165, 1.54) is 35.9 Å². The molecular weight excluding hydrogens is 538 g/mol. The molecule has 0 bridgehead atoms. The second-order valence-corrected chi connectivity index (χ2v) is 10.2. The first-order chi connectivity index (χ1) is 20.4. The number of nitrogens with zero attached hydrogens (tertiary/aromatic N) is 4. The summed E-state index contributed by atoms with van der Waals surface area (Å²) in [6.45, 7) is -0.238. The zero-order valence-corrected chi connectivity index (χ0v) is 23.5. The molecule has 1 heterocycles. The van der Waals surface area contributed by atoms with Crippen molar-refractivity contribution in [3.05, 3.63) is 77.9 Å². The summed E-state index contributed by atoms with van der Waals surface area (Å²) < 4.78 is 11.6. The lowest BCUT2D eigenvalue weighted by molar-refractivity contribution is -0.127. The van der Waals surface area contributed by atoms with Crippen molar-refractivity contribution in [1.29, 1.82) is 0 Å². The molecule has 218 valence electrons. The maximum Gasteiger partial charge on any atom is 0.337 e. The fraction of sp³-hybridized carbons (Fsp3) is 0.323. The van der Waals surface area contributed by atoms with Gasteiger partial charge in [-0.15, -0.1) is 5.10 Å². The van der Waals surface area contributed by atoms with E-state index >= 15 is 0 Å². The van der Waals surface area contributed by atoms with Crippen LogP contribution in [0.25, 0.3) is 11.0 Å². The van der Waals surface area contributed by atoms with E-state index in [0.717, 1.165) is 32.1 Å². The summed E-state index contributed by atoms with van der Waals surface area (Å²) in [7, 11) is 2.70. The number of phenolic OH excluding ortho intramolecular Hbond substituents is 1. The predicted octanol–water partition coefficient (Wildman–Crippen LogP) is 4.16. The zero-order chi connectivity index (χ0) is 29.6. The van der Waals surface area contributed by atoms with E-state index in [1.54, 1.807) is 42.5 Å². The smallest absolute Gasteiger partial charge is 0.337 e. The molecule has 1 saturated carbocycles. The number of hydrogen-bond donors (Lipinski definition) is 2. The van der Waals surface area contributed by atoms with Crippen LogP contribution in [-0.4, -0.2) is 58.1 Å². The number of nitrogens with one attached hydrogen (secondary N) is 1. The van der Waals surface area contributed by atoms with Crippen LogP contribution in [0.15, 0.2) is 66.7 Å². The number of anilines is 1. The normalized spacial score (nSPS) is 14.2. The number of benzene rings is 3. The molecule has 1 atom stereocenters. The monoisotopic (exact) mass is 571 g/mol. The molecule has 4 aromatic rings. The largest absolute Gasteiger partial charge is 0.504 e. The minimum Gasteiger partial charge on any atom is -0.504 e. The molecule has 11 heteroatoms. The number of carbonyl (C=O) groups excluding carboxylic acids is 3. The first-order valence-corrected chi connectivity index (χ1v) is 13.9. The van der Waals surface area contributed by atoms with E-state index < -0.39 is 23.8 Å². The van der Waals surface area contributed by atoms with Crippen molar-refractivity contribution in [2.75, 3.05) is 19.1 Å². The number of rotatable bonds is 9. The summed E-state index contributed by atoms with van der Waals surface area (Å²) in [5.41, 5.74) is 2.15. The number of hydrogen-bond acceptors (Lipinski definition) is 8. The second kappa shape index (κ2) is 12.7. The van der Waals surface area contributed by atoms with Crippen molar-refractivity contribution in [3.8, 4) is 11.5 Å². The molecule has 1 fully saturated rings. The topological polar surface area (TPSA) is 136 Å². The molecule has 0 aliphatic heterocycles. The van der Waals surface area contributed by atoms with Crippen molar-refractivity contribution in [1.82, 2.24) is 20.3 Å². The van der Waals surface area contributed by atoms with Gasteiger partial charge < -0.3 is 19.9 Å². The molecule has 1 aliphatic rings. The number of fused-ring (bicyclic) bond motifs is 1. The third kappa shape index (κ3) is 6.04. The maximum absolute atomic E-state index is 14.3. The third-order valence-corrected chi connectivity index (χ3v) is 7.50. The van der Waals surface area contributed by atoms with Crippen LogP contribution in [0.3, 0.4) is 0 Å². The summed E-state index contributed by atoms with van der Waals surface area (Å²) in [5, 5.41) is 22.1. The van der Waals surface area contributed by atoms with E-state index in [9.17, 15) is 19.5 Å². The van der Waals surface area contributed by atoms with Gasteiger partial charge in [-0.1, -0.05) is 48.7 Å². The number of carbonyl (C=O) groups is 3. The molecule has 2 N–H and O–H groups in total. The van der Waals surface area contributed by atoms with E-state index in [2.05, 4.69) is 15.6 Å². The molecule has 42 heavy (non-hydrogen) atoms. The van der Waals surface area contributed by atoms with Crippen LogP contribution in [-0.2, 0) is 20.9 Å². The lowest BCUT2D eigenvalue weighted by Gasteiger charge is -2.33. The summed E-state index contributed by atoms with van der Waals surface area (Å²) in [5.74, 6) is -1.43. The minimum atomic E-state index is -1.20. The Morgan fingerprint density at radius 3 is 2.55 bits per heavy atom. The Bertz CT molecular complexity index is 1600. The van der Waals surface area contributed by atoms with Crippen molar-refractivity contribution in [2.45, 2.75) is 50.7 Å². The third-order valence-electron chi connectivity index (χ3n) is 7.50. The number of para-hydroxylation sites is 1. The van der Waals surface area contributed by atoms with Gasteiger partial charge in [-0.3, -0.25) is 14.5 Å². The van der Waals surface area contributed by atoms with Crippen molar-refractivity contribution < 1.29 is 29.0 Å². The quantitative estimate of drug-likeness (QED) is 0.286. The fourth-order valence-electron chi connectivity index (χ4n) is 5.40. The second-order valence-electron chi connectivity index (χ2n) is 10.2. The van der Waals surface area contributed by atoms with E-state index in [0.29, 0.717) is 22.3 Å². The van der Waals surface area contributed by atoms with Gasteiger partial charge in [0.2, 0.25) is 11.8 Å². The van der Waals surface area contributed by atoms with E-state index in [-0.39, 0.29) is 29.6 Å². The Morgan fingerprint density at radius 2 is 1.81 bits per heavy atom. The molecule has 2 amide bonds. The molecule has 0 spiro atoms.